The Kier molecular flexibility index (Phi) is 7.56. The van der Waals surface area contributed by atoms with E-state index in [0.29, 0.717) is 45.2 Å². The Morgan fingerprint density at radius 2 is 1.57 bits per heavy atom. The van der Waals surface area contributed by atoms with Gasteiger partial charge in [-0.25, -0.2) is 0 Å². The summed E-state index contributed by atoms with van der Waals surface area (Å²) in [5.41, 5.74) is 0.893. The molecule has 2 fully saturated rings. The summed E-state index contributed by atoms with van der Waals surface area (Å²) in [7, 11) is 0. The van der Waals surface area contributed by atoms with E-state index in [1.807, 2.05) is 0 Å². The number of ether oxygens (including phenoxy) is 5. The van der Waals surface area contributed by atoms with Gasteiger partial charge in [-0.1, -0.05) is 25.5 Å². The van der Waals surface area contributed by atoms with Gasteiger partial charge in [0.05, 0.1) is 32.3 Å². The van der Waals surface area contributed by atoms with Gasteiger partial charge in [-0.2, -0.15) is 0 Å². The topological polar surface area (TPSA) is 46.2 Å². The van der Waals surface area contributed by atoms with Crippen molar-refractivity contribution in [2.45, 2.75) is 51.5 Å². The molecule has 0 N–H and O–H groups in total. The molecule has 5 nitrogen and oxygen atoms in total. The highest BCUT2D eigenvalue weighted by atomic mass is 19.4. The van der Waals surface area contributed by atoms with Crippen molar-refractivity contribution in [2.75, 3.05) is 26.4 Å². The minimum atomic E-state index is -4.68. The van der Waals surface area contributed by atoms with E-state index in [2.05, 4.69) is 11.7 Å². The van der Waals surface area contributed by atoms with E-state index < -0.39 is 6.36 Å². The number of rotatable bonds is 7. The molecule has 2 heterocycles. The molecule has 0 spiro atoms. The Labute approximate surface area is 163 Å². The molecule has 2 aliphatic rings. The summed E-state index contributed by atoms with van der Waals surface area (Å²) < 4.78 is 63.6. The minimum absolute atomic E-state index is 0.0534. The van der Waals surface area contributed by atoms with Crippen molar-refractivity contribution < 1.29 is 36.9 Å². The van der Waals surface area contributed by atoms with Crippen molar-refractivity contribution in [1.29, 1.82) is 0 Å². The fraction of sp³-hybridized carbons (Fsp3) is 0.700. The summed E-state index contributed by atoms with van der Waals surface area (Å²) in [4.78, 5) is 0. The Hall–Kier alpha value is -1.35. The number of aryl methyl sites for hydroxylation is 1. The summed E-state index contributed by atoms with van der Waals surface area (Å²) in [5.74, 6) is 0.294. The van der Waals surface area contributed by atoms with Crippen LogP contribution in [0.15, 0.2) is 24.3 Å². The lowest BCUT2D eigenvalue weighted by Gasteiger charge is -2.37. The first kappa shape index (κ1) is 21.4. The Morgan fingerprint density at radius 3 is 2.14 bits per heavy atom. The van der Waals surface area contributed by atoms with Crippen LogP contribution in [0.2, 0.25) is 0 Å². The number of hydrogen-bond acceptors (Lipinski definition) is 5. The van der Waals surface area contributed by atoms with Gasteiger partial charge in [0.25, 0.3) is 0 Å². The maximum atomic E-state index is 12.2. The van der Waals surface area contributed by atoms with Gasteiger partial charge >= 0.3 is 6.36 Å². The average Bonchev–Trinajstić information content (AvgIpc) is 2.68. The van der Waals surface area contributed by atoms with Gasteiger partial charge in [0.2, 0.25) is 0 Å². The molecule has 0 aliphatic carbocycles. The highest BCUT2D eigenvalue weighted by molar-refractivity contribution is 5.27. The summed E-state index contributed by atoms with van der Waals surface area (Å²) in [6, 6.07) is 5.85. The zero-order chi connectivity index (χ0) is 20.0. The fourth-order valence-corrected chi connectivity index (χ4v) is 3.43. The molecule has 8 heteroatoms. The first-order valence-corrected chi connectivity index (χ1v) is 9.74. The van der Waals surface area contributed by atoms with Gasteiger partial charge < -0.3 is 23.7 Å². The molecular formula is C20H27F3O5. The first-order chi connectivity index (χ1) is 13.4. The third kappa shape index (κ3) is 6.62. The molecule has 0 unspecified atom stereocenters. The lowest BCUT2D eigenvalue weighted by molar-refractivity contribution is -0.281. The van der Waals surface area contributed by atoms with Crippen LogP contribution in [-0.2, 0) is 25.4 Å². The number of halogens is 3. The molecule has 158 valence electrons. The van der Waals surface area contributed by atoms with Crippen LogP contribution in [0.3, 0.4) is 0 Å². The highest BCUT2D eigenvalue weighted by Gasteiger charge is 2.33. The lowest BCUT2D eigenvalue weighted by Crippen LogP contribution is -2.44. The molecular weight excluding hydrogens is 377 g/mol. The zero-order valence-electron chi connectivity index (χ0n) is 16.0. The molecule has 2 aliphatic heterocycles. The normalized spacial score (nSPS) is 28.9. The van der Waals surface area contributed by atoms with Gasteiger partial charge in [0, 0.05) is 12.3 Å². The fourth-order valence-electron chi connectivity index (χ4n) is 3.43. The highest BCUT2D eigenvalue weighted by Crippen LogP contribution is 2.26. The van der Waals surface area contributed by atoms with Crippen molar-refractivity contribution in [2.24, 2.45) is 11.8 Å². The zero-order valence-corrected chi connectivity index (χ0v) is 16.0. The summed E-state index contributed by atoms with van der Waals surface area (Å²) in [6.45, 7) is 4.59. The van der Waals surface area contributed by atoms with Crippen LogP contribution in [0.4, 0.5) is 13.2 Å². The summed E-state index contributed by atoms with van der Waals surface area (Å²) in [5, 5.41) is 0. The predicted octanol–water partition coefficient (Wildman–Crippen LogP) is 4.30. The van der Waals surface area contributed by atoms with Crippen molar-refractivity contribution in [3.63, 3.8) is 0 Å². The van der Waals surface area contributed by atoms with E-state index in [1.54, 1.807) is 12.1 Å². The monoisotopic (exact) mass is 404 g/mol. The SMILES string of the molecule is CCC[C@H]1CO[C@H]([C@H]2CO[C@H](CCc3ccc(OC(F)(F)F)cc3)OC2)OC1. The maximum absolute atomic E-state index is 12.2. The number of benzene rings is 1. The molecule has 0 bridgehead atoms. The molecule has 0 aromatic heterocycles. The van der Waals surface area contributed by atoms with E-state index in [9.17, 15) is 13.2 Å². The third-order valence-electron chi connectivity index (χ3n) is 4.89. The Morgan fingerprint density at radius 1 is 0.929 bits per heavy atom. The Bertz CT molecular complexity index is 576. The third-order valence-corrected chi connectivity index (χ3v) is 4.89. The molecule has 0 saturated carbocycles. The minimum Gasteiger partial charge on any atom is -0.406 e. The second-order valence-corrected chi connectivity index (χ2v) is 7.28. The van der Waals surface area contributed by atoms with Crippen LogP contribution in [-0.4, -0.2) is 45.4 Å². The molecule has 0 atom stereocenters. The van der Waals surface area contributed by atoms with E-state index in [-0.39, 0.29) is 24.2 Å². The van der Waals surface area contributed by atoms with Crippen LogP contribution in [0.5, 0.6) is 5.75 Å². The van der Waals surface area contributed by atoms with Gasteiger partial charge in [0.1, 0.15) is 5.75 Å². The molecule has 28 heavy (non-hydrogen) atoms. The summed E-state index contributed by atoms with van der Waals surface area (Å²) >= 11 is 0. The van der Waals surface area contributed by atoms with Crippen LogP contribution in [0, 0.1) is 11.8 Å². The van der Waals surface area contributed by atoms with E-state index in [0.717, 1.165) is 18.4 Å². The van der Waals surface area contributed by atoms with Crippen molar-refractivity contribution in [1.82, 2.24) is 0 Å². The van der Waals surface area contributed by atoms with Crippen LogP contribution in [0.1, 0.15) is 31.7 Å². The van der Waals surface area contributed by atoms with Crippen LogP contribution >= 0.6 is 0 Å². The standard InChI is InChI=1S/C20H27F3O5/c1-2-3-15-10-26-19(27-11-15)16-12-24-18(25-13-16)9-6-14-4-7-17(8-5-14)28-20(21,22)23/h4-5,7-8,15-16,18-19H,2-3,6,9-13H2,1H3/t15-,16-,18-,19-. The summed E-state index contributed by atoms with van der Waals surface area (Å²) in [6.07, 6.45) is -1.81. The van der Waals surface area contributed by atoms with Gasteiger partial charge in [-0.15, -0.1) is 13.2 Å². The molecule has 0 radical (unpaired) electrons. The van der Waals surface area contributed by atoms with E-state index in [1.165, 1.54) is 12.1 Å². The largest absolute Gasteiger partial charge is 0.573 e. The predicted molar refractivity (Wildman–Crippen MR) is 94.7 cm³/mol. The van der Waals surface area contributed by atoms with Crippen LogP contribution in [0.25, 0.3) is 0 Å². The van der Waals surface area contributed by atoms with Gasteiger partial charge in [-0.3, -0.25) is 0 Å². The second kappa shape index (κ2) is 9.91. The smallest absolute Gasteiger partial charge is 0.406 e. The molecule has 2 saturated heterocycles. The molecule has 1 aromatic carbocycles. The van der Waals surface area contributed by atoms with Crippen molar-refractivity contribution >= 4 is 0 Å². The average molecular weight is 404 g/mol. The van der Waals surface area contributed by atoms with Crippen molar-refractivity contribution in [3.8, 4) is 5.75 Å². The van der Waals surface area contributed by atoms with Gasteiger partial charge in [-0.05, 0) is 30.5 Å². The lowest BCUT2D eigenvalue weighted by atomic mass is 10.0. The molecule has 1 aromatic rings. The molecule has 0 amide bonds. The van der Waals surface area contributed by atoms with Gasteiger partial charge in [0.15, 0.2) is 12.6 Å². The number of alkyl halides is 3. The number of hydrogen-bond donors (Lipinski definition) is 0. The molecule has 3 rings (SSSR count). The van der Waals surface area contributed by atoms with Crippen LogP contribution < -0.4 is 4.74 Å². The quantitative estimate of drug-likeness (QED) is 0.678. The van der Waals surface area contributed by atoms with Crippen molar-refractivity contribution in [3.05, 3.63) is 29.8 Å². The maximum Gasteiger partial charge on any atom is 0.573 e. The van der Waals surface area contributed by atoms with E-state index in [4.69, 9.17) is 18.9 Å². The first-order valence-electron chi connectivity index (χ1n) is 9.74. The second-order valence-electron chi connectivity index (χ2n) is 7.28. The Balaban J connectivity index is 1.36. The van der Waals surface area contributed by atoms with E-state index >= 15 is 0 Å².